The molecule has 0 radical (unpaired) electrons. The van der Waals surface area contributed by atoms with Crippen LogP contribution in [0.15, 0.2) is 18.3 Å². The Labute approximate surface area is 74.6 Å². The Morgan fingerprint density at radius 2 is 2.33 bits per heavy atom. The zero-order chi connectivity index (χ0) is 8.97. The van der Waals surface area contributed by atoms with Gasteiger partial charge in [-0.05, 0) is 12.1 Å². The number of hydrogen-bond acceptors (Lipinski definition) is 4. The van der Waals surface area contributed by atoms with E-state index in [1.165, 1.54) is 6.20 Å². The van der Waals surface area contributed by atoms with Gasteiger partial charge in [0.2, 0.25) is 0 Å². The van der Waals surface area contributed by atoms with Crippen molar-refractivity contribution < 1.29 is 15.1 Å². The van der Waals surface area contributed by atoms with E-state index in [1.807, 2.05) is 0 Å². The van der Waals surface area contributed by atoms with Gasteiger partial charge < -0.3 is 15.1 Å². The SMILES string of the molecule is OCCOc1cccn(O)c1=S. The van der Waals surface area contributed by atoms with Crippen LogP contribution in [0.25, 0.3) is 0 Å². The highest BCUT2D eigenvalue weighted by Crippen LogP contribution is 2.10. The molecule has 0 atom stereocenters. The van der Waals surface area contributed by atoms with E-state index in [0.29, 0.717) is 5.75 Å². The van der Waals surface area contributed by atoms with Crippen LogP contribution in [0, 0.1) is 4.64 Å². The maximum atomic E-state index is 9.07. The smallest absolute Gasteiger partial charge is 0.184 e. The molecule has 5 heteroatoms. The topological polar surface area (TPSA) is 54.6 Å². The van der Waals surface area contributed by atoms with Gasteiger partial charge in [0, 0.05) is 6.20 Å². The Bertz CT molecular complexity index is 310. The van der Waals surface area contributed by atoms with Gasteiger partial charge in [-0.25, -0.2) is 0 Å². The predicted molar refractivity (Wildman–Crippen MR) is 45.0 cm³/mol. The van der Waals surface area contributed by atoms with Crippen molar-refractivity contribution in [2.45, 2.75) is 0 Å². The fraction of sp³-hybridized carbons (Fsp3) is 0.286. The molecule has 0 saturated heterocycles. The Balaban J connectivity index is 2.85. The highest BCUT2D eigenvalue weighted by molar-refractivity contribution is 7.71. The largest absolute Gasteiger partial charge is 0.488 e. The molecule has 0 aromatic carbocycles. The summed E-state index contributed by atoms with van der Waals surface area (Å²) in [5, 5.41) is 17.5. The lowest BCUT2D eigenvalue weighted by Gasteiger charge is -2.04. The van der Waals surface area contributed by atoms with Crippen LogP contribution in [0.5, 0.6) is 5.75 Å². The van der Waals surface area contributed by atoms with Crippen molar-refractivity contribution in [2.24, 2.45) is 0 Å². The monoisotopic (exact) mass is 187 g/mol. The second-order valence-electron chi connectivity index (χ2n) is 2.09. The first-order valence-electron chi connectivity index (χ1n) is 3.40. The minimum absolute atomic E-state index is 0.0743. The number of aliphatic hydroxyl groups is 1. The molecule has 12 heavy (non-hydrogen) atoms. The van der Waals surface area contributed by atoms with Crippen molar-refractivity contribution in [1.29, 1.82) is 0 Å². The molecular weight excluding hydrogens is 178 g/mol. The number of pyridine rings is 1. The molecule has 0 aliphatic heterocycles. The minimum atomic E-state index is -0.0743. The molecule has 1 rings (SSSR count). The first-order valence-corrected chi connectivity index (χ1v) is 3.81. The third-order valence-corrected chi connectivity index (χ3v) is 1.63. The third-order valence-electron chi connectivity index (χ3n) is 1.24. The maximum absolute atomic E-state index is 9.07. The van der Waals surface area contributed by atoms with Crippen molar-refractivity contribution in [3.05, 3.63) is 23.0 Å². The summed E-state index contributed by atoms with van der Waals surface area (Å²) in [5.41, 5.74) is 0. The van der Waals surface area contributed by atoms with Crippen molar-refractivity contribution >= 4 is 12.2 Å². The van der Waals surface area contributed by atoms with E-state index >= 15 is 0 Å². The number of nitrogens with zero attached hydrogens (tertiary/aromatic N) is 1. The van der Waals surface area contributed by atoms with Gasteiger partial charge in [0.15, 0.2) is 10.4 Å². The summed E-state index contributed by atoms with van der Waals surface area (Å²) in [6.45, 7) is 0.0999. The summed E-state index contributed by atoms with van der Waals surface area (Å²) in [7, 11) is 0. The zero-order valence-corrected chi connectivity index (χ0v) is 7.12. The Hall–Kier alpha value is -1.07. The molecule has 1 aromatic rings. The van der Waals surface area contributed by atoms with E-state index in [0.717, 1.165) is 4.73 Å². The molecule has 0 aliphatic rings. The van der Waals surface area contributed by atoms with Gasteiger partial charge in [0.1, 0.15) is 6.61 Å². The second-order valence-corrected chi connectivity index (χ2v) is 2.48. The lowest BCUT2D eigenvalue weighted by atomic mass is 10.5. The number of rotatable bonds is 3. The molecule has 0 unspecified atom stereocenters. The molecule has 66 valence electrons. The van der Waals surface area contributed by atoms with Gasteiger partial charge >= 0.3 is 0 Å². The molecule has 0 bridgehead atoms. The Morgan fingerprint density at radius 1 is 1.58 bits per heavy atom. The third kappa shape index (κ3) is 1.96. The first-order chi connectivity index (χ1) is 5.75. The summed E-state index contributed by atoms with van der Waals surface area (Å²) in [5.74, 6) is 0.393. The molecule has 4 nitrogen and oxygen atoms in total. The van der Waals surface area contributed by atoms with E-state index in [-0.39, 0.29) is 17.9 Å². The van der Waals surface area contributed by atoms with Crippen LogP contribution < -0.4 is 4.74 Å². The number of aliphatic hydroxyl groups excluding tert-OH is 1. The molecule has 0 spiro atoms. The standard InChI is InChI=1S/C7H9NO3S/c9-4-5-11-6-2-1-3-8(10)7(6)12/h1-3,9-10H,4-5H2. The van der Waals surface area contributed by atoms with Gasteiger partial charge in [-0.3, -0.25) is 0 Å². The van der Waals surface area contributed by atoms with Crippen molar-refractivity contribution in [3.8, 4) is 5.75 Å². The average Bonchev–Trinajstić information content (AvgIpc) is 2.08. The van der Waals surface area contributed by atoms with E-state index in [4.69, 9.17) is 27.3 Å². The summed E-state index contributed by atoms with van der Waals surface area (Å²) in [4.78, 5) is 0. The lowest BCUT2D eigenvalue weighted by molar-refractivity contribution is 0.166. The molecular formula is C7H9NO3S. The molecule has 0 saturated carbocycles. The van der Waals surface area contributed by atoms with Crippen LogP contribution in [0.1, 0.15) is 0 Å². The van der Waals surface area contributed by atoms with Gasteiger partial charge in [-0.15, -0.1) is 0 Å². The van der Waals surface area contributed by atoms with Crippen LogP contribution in [0.4, 0.5) is 0 Å². The Morgan fingerprint density at radius 3 is 3.00 bits per heavy atom. The van der Waals surface area contributed by atoms with Crippen LogP contribution in [0.3, 0.4) is 0 Å². The highest BCUT2D eigenvalue weighted by Gasteiger charge is 1.97. The normalized spacial score (nSPS) is 9.75. The summed E-state index contributed by atoms with van der Waals surface area (Å²) in [6, 6.07) is 3.23. The van der Waals surface area contributed by atoms with Crippen molar-refractivity contribution in [1.82, 2.24) is 4.73 Å². The fourth-order valence-corrected chi connectivity index (χ4v) is 0.917. The first kappa shape index (κ1) is 9.02. The van der Waals surface area contributed by atoms with E-state index in [9.17, 15) is 0 Å². The molecule has 1 aromatic heterocycles. The highest BCUT2D eigenvalue weighted by atomic mass is 32.1. The number of hydrogen-bond donors (Lipinski definition) is 2. The second kappa shape index (κ2) is 4.08. The Kier molecular flexibility index (Phi) is 3.07. The van der Waals surface area contributed by atoms with Gasteiger partial charge in [-0.2, -0.15) is 4.73 Å². The lowest BCUT2D eigenvalue weighted by Crippen LogP contribution is -2.04. The van der Waals surface area contributed by atoms with Gasteiger partial charge in [-0.1, -0.05) is 12.2 Å². The fourth-order valence-electron chi connectivity index (χ4n) is 0.729. The maximum Gasteiger partial charge on any atom is 0.184 e. The van der Waals surface area contributed by atoms with E-state index in [2.05, 4.69) is 0 Å². The quantitative estimate of drug-likeness (QED) is 0.543. The predicted octanol–water partition coefficient (Wildman–Crippen LogP) is 0.826. The molecule has 0 amide bonds. The van der Waals surface area contributed by atoms with Gasteiger partial charge in [0.05, 0.1) is 6.61 Å². The zero-order valence-electron chi connectivity index (χ0n) is 6.30. The average molecular weight is 187 g/mol. The molecule has 2 N–H and O–H groups in total. The molecule has 0 fully saturated rings. The summed E-state index contributed by atoms with van der Waals surface area (Å²) in [6.07, 6.45) is 1.41. The van der Waals surface area contributed by atoms with Crippen molar-refractivity contribution in [3.63, 3.8) is 0 Å². The van der Waals surface area contributed by atoms with Gasteiger partial charge in [0.25, 0.3) is 0 Å². The van der Waals surface area contributed by atoms with Crippen LogP contribution in [0.2, 0.25) is 0 Å². The van der Waals surface area contributed by atoms with E-state index < -0.39 is 0 Å². The number of aromatic nitrogens is 1. The van der Waals surface area contributed by atoms with Crippen molar-refractivity contribution in [2.75, 3.05) is 13.2 Å². The molecule has 1 heterocycles. The molecule has 0 aliphatic carbocycles. The van der Waals surface area contributed by atoms with E-state index in [1.54, 1.807) is 12.1 Å². The minimum Gasteiger partial charge on any atom is -0.488 e. The summed E-state index contributed by atoms with van der Waals surface area (Å²) >= 11 is 4.81. The summed E-state index contributed by atoms with van der Waals surface area (Å²) < 4.78 is 6.03. The van der Waals surface area contributed by atoms with Crippen LogP contribution >= 0.6 is 12.2 Å². The number of ether oxygens (including phenoxy) is 1. The van der Waals surface area contributed by atoms with Crippen LogP contribution in [-0.2, 0) is 0 Å². The van der Waals surface area contributed by atoms with Crippen LogP contribution in [-0.4, -0.2) is 28.3 Å².